The summed E-state index contributed by atoms with van der Waals surface area (Å²) in [6.07, 6.45) is -3.26. The summed E-state index contributed by atoms with van der Waals surface area (Å²) in [4.78, 5) is 13.9. The fraction of sp³-hybridized carbons (Fsp3) is 0.333. The number of halogens is 3. The average molecular weight is 219 g/mol. The Kier molecular flexibility index (Phi) is 3.65. The molecule has 0 aromatic carbocycles. The topological polar surface area (TPSA) is 39.2 Å². The van der Waals surface area contributed by atoms with Crippen molar-refractivity contribution in [2.24, 2.45) is 0 Å². The fourth-order valence-corrected chi connectivity index (χ4v) is 1.04. The highest BCUT2D eigenvalue weighted by molar-refractivity contribution is 5.72. The maximum atomic E-state index is 12.6. The normalized spacial score (nSPS) is 10.5. The van der Waals surface area contributed by atoms with Crippen LogP contribution >= 0.6 is 0 Å². The number of hydrogen-bond donors (Lipinski definition) is 0. The molecule has 1 aromatic heterocycles. The molecule has 0 N–H and O–H groups in total. The zero-order valence-electron chi connectivity index (χ0n) is 7.84. The van der Waals surface area contributed by atoms with Gasteiger partial charge in [-0.05, 0) is 11.6 Å². The summed E-state index contributed by atoms with van der Waals surface area (Å²) in [7, 11) is 1.14. The van der Waals surface area contributed by atoms with Crippen molar-refractivity contribution < 1.29 is 22.7 Å². The number of nitrogens with zero attached hydrogens (tertiary/aromatic N) is 1. The quantitative estimate of drug-likeness (QED) is 0.575. The minimum absolute atomic E-state index is 0.0294. The number of hydrogen-bond acceptors (Lipinski definition) is 3. The Bertz CT molecular complexity index is 368. The van der Waals surface area contributed by atoms with Gasteiger partial charge in [0.1, 0.15) is 5.69 Å². The van der Waals surface area contributed by atoms with Crippen molar-refractivity contribution in [2.75, 3.05) is 7.11 Å². The van der Waals surface area contributed by atoms with Gasteiger partial charge in [0.05, 0.1) is 13.5 Å². The van der Waals surface area contributed by atoms with Gasteiger partial charge in [0.2, 0.25) is 5.95 Å². The molecular formula is C9H8F3NO2. The summed E-state index contributed by atoms with van der Waals surface area (Å²) in [5.74, 6) is -1.68. The van der Waals surface area contributed by atoms with E-state index in [0.717, 1.165) is 19.2 Å². The number of methoxy groups -OCH3 is 1. The Hall–Kier alpha value is -1.59. The van der Waals surface area contributed by atoms with Crippen molar-refractivity contribution in [2.45, 2.75) is 12.8 Å². The van der Waals surface area contributed by atoms with Crippen molar-refractivity contribution in [3.05, 3.63) is 29.3 Å². The number of esters is 1. The number of pyridine rings is 1. The molecule has 0 atom stereocenters. The summed E-state index contributed by atoms with van der Waals surface area (Å²) < 4.78 is 41.6. The predicted octanol–water partition coefficient (Wildman–Crippen LogP) is 1.87. The maximum Gasteiger partial charge on any atom is 0.310 e. The minimum atomic E-state index is -2.92. The highest BCUT2D eigenvalue weighted by Gasteiger charge is 2.18. The number of carbonyl (C=O) groups is 1. The van der Waals surface area contributed by atoms with Crippen molar-refractivity contribution in [1.82, 2.24) is 4.98 Å². The van der Waals surface area contributed by atoms with Crippen molar-refractivity contribution in [3.63, 3.8) is 0 Å². The van der Waals surface area contributed by atoms with Crippen LogP contribution in [-0.4, -0.2) is 18.1 Å². The van der Waals surface area contributed by atoms with Crippen LogP contribution in [0.2, 0.25) is 0 Å². The van der Waals surface area contributed by atoms with E-state index in [0.29, 0.717) is 0 Å². The molecule has 0 bridgehead atoms. The van der Waals surface area contributed by atoms with E-state index in [9.17, 15) is 18.0 Å². The maximum absolute atomic E-state index is 12.6. The first-order valence-electron chi connectivity index (χ1n) is 4.05. The lowest BCUT2D eigenvalue weighted by Gasteiger charge is -2.06. The first-order chi connectivity index (χ1) is 7.04. The van der Waals surface area contributed by atoms with E-state index in [1.54, 1.807) is 0 Å². The summed E-state index contributed by atoms with van der Waals surface area (Å²) in [6, 6.07) is 2.02. The van der Waals surface area contributed by atoms with Gasteiger partial charge in [-0.1, -0.05) is 6.07 Å². The molecule has 0 unspecified atom stereocenters. The van der Waals surface area contributed by atoms with E-state index in [4.69, 9.17) is 0 Å². The number of rotatable bonds is 3. The van der Waals surface area contributed by atoms with Gasteiger partial charge in [-0.25, -0.2) is 13.8 Å². The largest absolute Gasteiger partial charge is 0.469 e. The van der Waals surface area contributed by atoms with E-state index < -0.39 is 24.0 Å². The zero-order valence-corrected chi connectivity index (χ0v) is 7.84. The Labute approximate surface area is 83.9 Å². The van der Waals surface area contributed by atoms with Crippen molar-refractivity contribution in [3.8, 4) is 0 Å². The molecule has 82 valence electrons. The third kappa shape index (κ3) is 2.93. The Balaban J connectivity index is 3.00. The third-order valence-electron chi connectivity index (χ3n) is 1.75. The lowest BCUT2D eigenvalue weighted by molar-refractivity contribution is -0.139. The first-order valence-corrected chi connectivity index (χ1v) is 4.05. The van der Waals surface area contributed by atoms with Crippen molar-refractivity contribution in [1.29, 1.82) is 0 Å². The van der Waals surface area contributed by atoms with Crippen LogP contribution in [0.5, 0.6) is 0 Å². The monoisotopic (exact) mass is 219 g/mol. The fourth-order valence-electron chi connectivity index (χ4n) is 1.04. The SMILES string of the molecule is COC(=O)Cc1ccc(F)nc1C(F)F. The van der Waals surface area contributed by atoms with Gasteiger partial charge in [-0.3, -0.25) is 4.79 Å². The third-order valence-corrected chi connectivity index (χ3v) is 1.75. The van der Waals surface area contributed by atoms with Crippen LogP contribution in [0.3, 0.4) is 0 Å². The molecule has 15 heavy (non-hydrogen) atoms. The Morgan fingerprint density at radius 2 is 2.20 bits per heavy atom. The van der Waals surface area contributed by atoms with Crippen LogP contribution in [0.25, 0.3) is 0 Å². The van der Waals surface area contributed by atoms with Gasteiger partial charge in [0.15, 0.2) is 0 Å². The van der Waals surface area contributed by atoms with E-state index in [1.807, 2.05) is 0 Å². The number of ether oxygens (including phenoxy) is 1. The van der Waals surface area contributed by atoms with E-state index >= 15 is 0 Å². The van der Waals surface area contributed by atoms with Gasteiger partial charge in [-0.2, -0.15) is 4.39 Å². The van der Waals surface area contributed by atoms with Crippen LogP contribution in [0, 0.1) is 5.95 Å². The summed E-state index contributed by atoms with van der Waals surface area (Å²) in [5.41, 5.74) is -0.751. The molecule has 6 heteroatoms. The number of carbonyl (C=O) groups excluding carboxylic acids is 1. The van der Waals surface area contributed by atoms with E-state index in [2.05, 4.69) is 9.72 Å². The standard InChI is InChI=1S/C9H8F3NO2/c1-15-7(14)4-5-2-3-6(10)13-8(5)9(11)12/h2-3,9H,4H2,1H3. The van der Waals surface area contributed by atoms with Crippen LogP contribution in [0.15, 0.2) is 12.1 Å². The molecule has 1 rings (SSSR count). The summed E-state index contributed by atoms with van der Waals surface area (Å²) in [5, 5.41) is 0. The molecule has 0 saturated heterocycles. The number of alkyl halides is 2. The van der Waals surface area contributed by atoms with E-state index in [1.165, 1.54) is 0 Å². The zero-order chi connectivity index (χ0) is 11.4. The molecule has 0 aliphatic carbocycles. The minimum Gasteiger partial charge on any atom is -0.469 e. The molecular weight excluding hydrogens is 211 g/mol. The molecule has 1 aromatic rings. The second kappa shape index (κ2) is 4.77. The van der Waals surface area contributed by atoms with Gasteiger partial charge < -0.3 is 4.74 Å². The summed E-state index contributed by atoms with van der Waals surface area (Å²) in [6.45, 7) is 0. The van der Waals surface area contributed by atoms with Gasteiger partial charge in [0, 0.05) is 0 Å². The van der Waals surface area contributed by atoms with Crippen LogP contribution in [0.1, 0.15) is 17.7 Å². The average Bonchev–Trinajstić information content (AvgIpc) is 2.20. The van der Waals surface area contributed by atoms with Crippen LogP contribution in [-0.2, 0) is 16.0 Å². The van der Waals surface area contributed by atoms with E-state index in [-0.39, 0.29) is 12.0 Å². The Morgan fingerprint density at radius 3 is 2.73 bits per heavy atom. The molecule has 3 nitrogen and oxygen atoms in total. The molecule has 0 fully saturated rings. The van der Waals surface area contributed by atoms with Gasteiger partial charge in [0.25, 0.3) is 6.43 Å². The van der Waals surface area contributed by atoms with Crippen molar-refractivity contribution >= 4 is 5.97 Å². The predicted molar refractivity (Wildman–Crippen MR) is 44.9 cm³/mol. The molecule has 0 radical (unpaired) electrons. The Morgan fingerprint density at radius 1 is 1.53 bits per heavy atom. The lowest BCUT2D eigenvalue weighted by atomic mass is 10.1. The summed E-state index contributed by atoms with van der Waals surface area (Å²) >= 11 is 0. The molecule has 0 spiro atoms. The second-order valence-corrected chi connectivity index (χ2v) is 2.73. The molecule has 0 saturated carbocycles. The smallest absolute Gasteiger partial charge is 0.310 e. The van der Waals surface area contributed by atoms with Gasteiger partial charge in [-0.15, -0.1) is 0 Å². The first kappa shape index (κ1) is 11.5. The highest BCUT2D eigenvalue weighted by Crippen LogP contribution is 2.21. The molecule has 1 heterocycles. The molecule has 0 aliphatic rings. The van der Waals surface area contributed by atoms with Gasteiger partial charge >= 0.3 is 5.97 Å². The lowest BCUT2D eigenvalue weighted by Crippen LogP contribution is -2.09. The molecule has 0 aliphatic heterocycles. The van der Waals surface area contributed by atoms with Crippen LogP contribution in [0.4, 0.5) is 13.2 Å². The number of aromatic nitrogens is 1. The van der Waals surface area contributed by atoms with Crippen LogP contribution < -0.4 is 0 Å². The molecule has 0 amide bonds. The highest BCUT2D eigenvalue weighted by atomic mass is 19.3. The second-order valence-electron chi connectivity index (χ2n) is 2.73.